The summed E-state index contributed by atoms with van der Waals surface area (Å²) >= 11 is 0. The van der Waals surface area contributed by atoms with Gasteiger partial charge >= 0.3 is 0 Å². The number of nitrogens with zero attached hydrogens (tertiary/aromatic N) is 3. The molecule has 0 unspecified atom stereocenters. The Balaban J connectivity index is 1.29. The molecule has 0 aliphatic carbocycles. The molecule has 1 aromatic heterocycles. The maximum atomic E-state index is 12.6. The van der Waals surface area contributed by atoms with Gasteiger partial charge in [-0.05, 0) is 74.5 Å². The van der Waals surface area contributed by atoms with Crippen molar-refractivity contribution in [2.75, 3.05) is 36.4 Å². The highest BCUT2D eigenvalue weighted by Crippen LogP contribution is 2.27. The van der Waals surface area contributed by atoms with Crippen LogP contribution >= 0.6 is 0 Å². The zero-order valence-corrected chi connectivity index (χ0v) is 15.6. The summed E-state index contributed by atoms with van der Waals surface area (Å²) in [4.78, 5) is 14.8. The van der Waals surface area contributed by atoms with Crippen molar-refractivity contribution in [3.05, 3.63) is 48.2 Å². The second-order valence-electron chi connectivity index (χ2n) is 7.48. The lowest BCUT2D eigenvalue weighted by Gasteiger charge is -2.31. The maximum absolute atomic E-state index is 12.6. The molecule has 6 heteroatoms. The van der Waals surface area contributed by atoms with Crippen molar-refractivity contribution in [1.82, 2.24) is 15.5 Å². The van der Waals surface area contributed by atoms with Gasteiger partial charge in [-0.3, -0.25) is 4.79 Å². The third-order valence-corrected chi connectivity index (χ3v) is 5.74. The summed E-state index contributed by atoms with van der Waals surface area (Å²) in [5, 5.41) is 14.6. The normalized spacial score (nSPS) is 19.0. The first-order chi connectivity index (χ1) is 13.3. The van der Waals surface area contributed by atoms with Crippen LogP contribution in [-0.2, 0) is 4.79 Å². The lowest BCUT2D eigenvalue weighted by Crippen LogP contribution is -2.38. The number of anilines is 2. The number of carbonyl (C=O) groups is 1. The molecule has 2 aliphatic heterocycles. The fraction of sp³-hybridized carbons (Fsp3) is 0.476. The summed E-state index contributed by atoms with van der Waals surface area (Å²) in [7, 11) is 0. The monoisotopic (exact) mass is 365 g/mol. The average Bonchev–Trinajstić information content (AvgIpc) is 2.76. The van der Waals surface area contributed by atoms with E-state index in [1.54, 1.807) is 6.20 Å². The van der Waals surface area contributed by atoms with Crippen LogP contribution in [0, 0.1) is 5.92 Å². The minimum Gasteiger partial charge on any atom is -0.355 e. The van der Waals surface area contributed by atoms with Crippen molar-refractivity contribution in [3.8, 4) is 0 Å². The van der Waals surface area contributed by atoms with Gasteiger partial charge in [-0.1, -0.05) is 12.1 Å². The summed E-state index contributed by atoms with van der Waals surface area (Å²) in [6.45, 7) is 3.86. The molecule has 0 bridgehead atoms. The molecule has 2 aliphatic rings. The molecule has 1 aromatic carbocycles. The SMILES string of the molecule is O=C(Nc1ccc(C2CCNCC2)cc1)C1CCN(c2cccnn2)CC1. The number of piperidine rings is 2. The molecule has 6 nitrogen and oxygen atoms in total. The Bertz CT molecular complexity index is 735. The van der Waals surface area contributed by atoms with Gasteiger partial charge in [0, 0.05) is 30.9 Å². The molecule has 2 N–H and O–H groups in total. The number of carbonyl (C=O) groups excluding carboxylic acids is 1. The van der Waals surface area contributed by atoms with Gasteiger partial charge < -0.3 is 15.5 Å². The number of aromatic nitrogens is 2. The highest BCUT2D eigenvalue weighted by molar-refractivity contribution is 5.92. The fourth-order valence-electron chi connectivity index (χ4n) is 4.07. The number of amides is 1. The predicted molar refractivity (Wildman–Crippen MR) is 107 cm³/mol. The van der Waals surface area contributed by atoms with Gasteiger partial charge in [0.2, 0.25) is 5.91 Å². The number of benzene rings is 1. The van der Waals surface area contributed by atoms with E-state index in [9.17, 15) is 4.79 Å². The van der Waals surface area contributed by atoms with E-state index in [4.69, 9.17) is 0 Å². The molecule has 0 spiro atoms. The molecule has 4 rings (SSSR count). The van der Waals surface area contributed by atoms with E-state index < -0.39 is 0 Å². The van der Waals surface area contributed by atoms with Crippen molar-refractivity contribution >= 4 is 17.4 Å². The summed E-state index contributed by atoms with van der Waals surface area (Å²) in [5.74, 6) is 1.72. The molecule has 3 heterocycles. The minimum atomic E-state index is 0.0574. The Labute approximate surface area is 160 Å². The van der Waals surface area contributed by atoms with Gasteiger partial charge in [-0.15, -0.1) is 5.10 Å². The van der Waals surface area contributed by atoms with Gasteiger partial charge in [0.05, 0.1) is 0 Å². The molecule has 2 saturated heterocycles. The van der Waals surface area contributed by atoms with Crippen LogP contribution in [-0.4, -0.2) is 42.3 Å². The quantitative estimate of drug-likeness (QED) is 0.872. The molecule has 27 heavy (non-hydrogen) atoms. The Morgan fingerprint density at radius 2 is 1.78 bits per heavy atom. The van der Waals surface area contributed by atoms with Gasteiger partial charge in [-0.25, -0.2) is 0 Å². The molecular weight excluding hydrogens is 338 g/mol. The smallest absolute Gasteiger partial charge is 0.227 e. The first-order valence-corrected chi connectivity index (χ1v) is 9.94. The molecular formula is C21H27N5O. The standard InChI is InChI=1S/C21H27N5O/c27-21(18-9-14-26(15-10-18)20-2-1-11-23-25-20)24-19-5-3-16(4-6-19)17-7-12-22-13-8-17/h1-6,11,17-18,22H,7-10,12-15H2,(H,24,27). The third kappa shape index (κ3) is 4.45. The van der Waals surface area contributed by atoms with Crippen molar-refractivity contribution in [2.24, 2.45) is 5.92 Å². The van der Waals surface area contributed by atoms with Crippen LogP contribution in [0.25, 0.3) is 0 Å². The van der Waals surface area contributed by atoms with E-state index in [1.165, 1.54) is 18.4 Å². The van der Waals surface area contributed by atoms with Crippen LogP contribution in [0.3, 0.4) is 0 Å². The van der Waals surface area contributed by atoms with Crippen LogP contribution in [0.2, 0.25) is 0 Å². The predicted octanol–water partition coefficient (Wildman–Crippen LogP) is 2.80. The number of hydrogen-bond acceptors (Lipinski definition) is 5. The van der Waals surface area contributed by atoms with Crippen molar-refractivity contribution in [2.45, 2.75) is 31.6 Å². The van der Waals surface area contributed by atoms with E-state index in [0.717, 1.165) is 50.5 Å². The van der Waals surface area contributed by atoms with Crippen molar-refractivity contribution in [3.63, 3.8) is 0 Å². The number of nitrogens with one attached hydrogen (secondary N) is 2. The number of hydrogen-bond donors (Lipinski definition) is 2. The summed E-state index contributed by atoms with van der Waals surface area (Å²) in [6.07, 6.45) is 5.75. The van der Waals surface area contributed by atoms with E-state index in [-0.39, 0.29) is 11.8 Å². The molecule has 0 atom stereocenters. The van der Waals surface area contributed by atoms with Crippen LogP contribution in [0.1, 0.15) is 37.2 Å². The highest BCUT2D eigenvalue weighted by atomic mass is 16.1. The average molecular weight is 365 g/mol. The topological polar surface area (TPSA) is 70.2 Å². The second-order valence-corrected chi connectivity index (χ2v) is 7.48. The van der Waals surface area contributed by atoms with E-state index >= 15 is 0 Å². The van der Waals surface area contributed by atoms with Crippen LogP contribution in [0.4, 0.5) is 11.5 Å². The van der Waals surface area contributed by atoms with Gasteiger partial charge in [0.25, 0.3) is 0 Å². The lowest BCUT2D eigenvalue weighted by molar-refractivity contribution is -0.120. The minimum absolute atomic E-state index is 0.0574. The summed E-state index contributed by atoms with van der Waals surface area (Å²) in [5.41, 5.74) is 2.28. The highest BCUT2D eigenvalue weighted by Gasteiger charge is 2.25. The Kier molecular flexibility index (Phi) is 5.63. The molecule has 1 amide bonds. The third-order valence-electron chi connectivity index (χ3n) is 5.74. The van der Waals surface area contributed by atoms with Gasteiger partial charge in [0.1, 0.15) is 0 Å². The van der Waals surface area contributed by atoms with Crippen LogP contribution in [0.15, 0.2) is 42.6 Å². The van der Waals surface area contributed by atoms with E-state index in [1.807, 2.05) is 24.3 Å². The lowest BCUT2D eigenvalue weighted by atomic mass is 9.90. The molecule has 0 radical (unpaired) electrons. The first kappa shape index (κ1) is 17.9. The van der Waals surface area contributed by atoms with E-state index in [0.29, 0.717) is 5.92 Å². The fourth-order valence-corrected chi connectivity index (χ4v) is 4.07. The Morgan fingerprint density at radius 3 is 2.44 bits per heavy atom. The maximum Gasteiger partial charge on any atom is 0.227 e. The molecule has 2 aromatic rings. The summed E-state index contributed by atoms with van der Waals surface area (Å²) < 4.78 is 0. The van der Waals surface area contributed by atoms with Gasteiger partial charge in [-0.2, -0.15) is 5.10 Å². The molecule has 0 saturated carbocycles. The van der Waals surface area contributed by atoms with Crippen LogP contribution < -0.4 is 15.5 Å². The van der Waals surface area contributed by atoms with Gasteiger partial charge in [0.15, 0.2) is 5.82 Å². The van der Waals surface area contributed by atoms with Crippen LogP contribution in [0.5, 0.6) is 0 Å². The first-order valence-electron chi connectivity index (χ1n) is 9.94. The largest absolute Gasteiger partial charge is 0.355 e. The van der Waals surface area contributed by atoms with Crippen molar-refractivity contribution in [1.29, 1.82) is 0 Å². The molecule has 142 valence electrons. The zero-order valence-electron chi connectivity index (χ0n) is 15.6. The Morgan fingerprint density at radius 1 is 1.04 bits per heavy atom. The van der Waals surface area contributed by atoms with E-state index in [2.05, 4.69) is 37.9 Å². The van der Waals surface area contributed by atoms with Crippen molar-refractivity contribution < 1.29 is 4.79 Å². The zero-order chi connectivity index (χ0) is 18.5. The second kappa shape index (κ2) is 8.48. The molecule has 2 fully saturated rings. The number of rotatable bonds is 4. The summed E-state index contributed by atoms with van der Waals surface area (Å²) in [6, 6.07) is 12.3. The Hall–Kier alpha value is -2.47.